The van der Waals surface area contributed by atoms with E-state index < -0.39 is 0 Å². The third kappa shape index (κ3) is 6.98. The van der Waals surface area contributed by atoms with Gasteiger partial charge >= 0.3 is 6.09 Å². The van der Waals surface area contributed by atoms with Gasteiger partial charge in [-0.15, -0.1) is 0 Å². The van der Waals surface area contributed by atoms with Crippen LogP contribution in [0.5, 0.6) is 0 Å². The lowest BCUT2D eigenvalue weighted by Gasteiger charge is -2.35. The summed E-state index contributed by atoms with van der Waals surface area (Å²) in [6.45, 7) is 2.95. The van der Waals surface area contributed by atoms with E-state index in [4.69, 9.17) is 14.9 Å². The Bertz CT molecular complexity index is 648. The van der Waals surface area contributed by atoms with Gasteiger partial charge < -0.3 is 19.8 Å². The highest BCUT2D eigenvalue weighted by atomic mass is 16.6. The predicted octanol–water partition coefficient (Wildman–Crippen LogP) is 3.95. The predicted molar refractivity (Wildman–Crippen MR) is 110 cm³/mol. The van der Waals surface area contributed by atoms with Crippen molar-refractivity contribution in [3.05, 3.63) is 71.8 Å². The van der Waals surface area contributed by atoms with Crippen LogP contribution in [0, 0.1) is 0 Å². The molecule has 1 heterocycles. The van der Waals surface area contributed by atoms with E-state index in [1.165, 1.54) is 0 Å². The van der Waals surface area contributed by atoms with Crippen molar-refractivity contribution in [1.82, 2.24) is 4.90 Å². The Morgan fingerprint density at radius 1 is 1.04 bits per heavy atom. The van der Waals surface area contributed by atoms with Gasteiger partial charge in [0, 0.05) is 26.2 Å². The fourth-order valence-electron chi connectivity index (χ4n) is 3.17. The first-order valence-electron chi connectivity index (χ1n) is 9.93. The molecule has 5 heteroatoms. The number of amides is 1. The van der Waals surface area contributed by atoms with Crippen LogP contribution in [-0.2, 0) is 11.2 Å². The van der Waals surface area contributed by atoms with Crippen molar-refractivity contribution in [2.45, 2.75) is 44.8 Å². The first-order chi connectivity index (χ1) is 13.7. The Kier molecular flexibility index (Phi) is 9.52. The van der Waals surface area contributed by atoms with Crippen LogP contribution in [0.3, 0.4) is 0 Å². The van der Waals surface area contributed by atoms with E-state index >= 15 is 0 Å². The minimum atomic E-state index is -0.277. The molecule has 152 valence electrons. The summed E-state index contributed by atoms with van der Waals surface area (Å²) >= 11 is 0. The van der Waals surface area contributed by atoms with Gasteiger partial charge in [0.05, 0.1) is 6.04 Å². The third-order valence-corrected chi connectivity index (χ3v) is 4.87. The highest BCUT2D eigenvalue weighted by Gasteiger charge is 2.30. The molecule has 0 bridgehead atoms. The molecule has 28 heavy (non-hydrogen) atoms. The van der Waals surface area contributed by atoms with Crippen LogP contribution < -0.4 is 0 Å². The van der Waals surface area contributed by atoms with E-state index in [0.29, 0.717) is 19.4 Å². The van der Waals surface area contributed by atoms with Gasteiger partial charge in [0.15, 0.2) is 0 Å². The highest BCUT2D eigenvalue weighted by molar-refractivity contribution is 5.69. The van der Waals surface area contributed by atoms with E-state index in [-0.39, 0.29) is 31.5 Å². The first kappa shape index (κ1) is 21.9. The summed E-state index contributed by atoms with van der Waals surface area (Å²) in [5.41, 5.74) is 2.15. The van der Waals surface area contributed by atoms with Crippen LogP contribution in [0.15, 0.2) is 60.7 Å². The molecule has 1 aliphatic rings. The van der Waals surface area contributed by atoms with Crippen LogP contribution in [-0.4, -0.2) is 47.1 Å². The summed E-state index contributed by atoms with van der Waals surface area (Å²) < 4.78 is 5.45. The van der Waals surface area contributed by atoms with Gasteiger partial charge in [-0.25, -0.2) is 4.79 Å². The van der Waals surface area contributed by atoms with Crippen molar-refractivity contribution in [2.75, 3.05) is 19.8 Å². The number of nitrogens with zero attached hydrogens (tertiary/aromatic N) is 1. The number of carbonyl (C=O) groups excluding carboxylic acids is 1. The number of aliphatic hydroxyl groups is 2. The summed E-state index contributed by atoms with van der Waals surface area (Å²) in [5.74, 6) is 0. The summed E-state index contributed by atoms with van der Waals surface area (Å²) in [4.78, 5) is 13.9. The number of rotatable bonds is 7. The molecule has 2 unspecified atom stereocenters. The number of carbonyl (C=O) groups is 1. The standard InChI is InChI=1S/C17H25NO4.C6H6/c1-13(15-6-4-14(5-7-15)9-12-20)18-10-8-16(3-2-11-19)22-17(18)21;1-2-4-6-5-3-1/h4-7,13,16,19-20H,2-3,8-12H2,1H3;1-6H. The van der Waals surface area contributed by atoms with Crippen molar-refractivity contribution in [3.63, 3.8) is 0 Å². The monoisotopic (exact) mass is 385 g/mol. The summed E-state index contributed by atoms with van der Waals surface area (Å²) in [6, 6.07) is 19.9. The molecular formula is C23H31NO4. The van der Waals surface area contributed by atoms with Gasteiger partial charge in [0.25, 0.3) is 0 Å². The molecule has 5 nitrogen and oxygen atoms in total. The Morgan fingerprint density at radius 3 is 2.14 bits per heavy atom. The van der Waals surface area contributed by atoms with Crippen LogP contribution in [0.2, 0.25) is 0 Å². The fraction of sp³-hybridized carbons (Fsp3) is 0.435. The summed E-state index contributed by atoms with van der Waals surface area (Å²) in [7, 11) is 0. The van der Waals surface area contributed by atoms with Crippen molar-refractivity contribution in [2.24, 2.45) is 0 Å². The normalized spacial score (nSPS) is 17.3. The Morgan fingerprint density at radius 2 is 1.64 bits per heavy atom. The van der Waals surface area contributed by atoms with Crippen molar-refractivity contribution in [1.29, 1.82) is 0 Å². The molecule has 1 fully saturated rings. The quantitative estimate of drug-likeness (QED) is 0.757. The van der Waals surface area contributed by atoms with Crippen LogP contribution in [0.1, 0.15) is 43.4 Å². The third-order valence-electron chi connectivity index (χ3n) is 4.87. The maximum absolute atomic E-state index is 12.2. The second kappa shape index (κ2) is 12.2. The number of hydrogen-bond donors (Lipinski definition) is 2. The maximum Gasteiger partial charge on any atom is 0.410 e. The maximum atomic E-state index is 12.2. The molecule has 0 aromatic heterocycles. The molecule has 0 aliphatic carbocycles. The number of aliphatic hydroxyl groups excluding tert-OH is 2. The molecule has 0 saturated carbocycles. The zero-order chi connectivity index (χ0) is 20.2. The molecule has 2 aromatic rings. The van der Waals surface area contributed by atoms with Gasteiger partial charge in [-0.1, -0.05) is 60.7 Å². The van der Waals surface area contributed by atoms with Gasteiger partial charge in [-0.3, -0.25) is 0 Å². The number of cyclic esters (lactones) is 1. The Hall–Kier alpha value is -2.37. The van der Waals surface area contributed by atoms with Gasteiger partial charge in [-0.2, -0.15) is 0 Å². The number of benzene rings is 2. The average Bonchev–Trinajstić information content (AvgIpc) is 2.74. The minimum Gasteiger partial charge on any atom is -0.446 e. The average molecular weight is 386 g/mol. The van der Waals surface area contributed by atoms with Gasteiger partial charge in [0.2, 0.25) is 0 Å². The SMILES string of the molecule is CC(c1ccc(CCO)cc1)N1CCC(CCCO)OC1=O.c1ccccc1. The van der Waals surface area contributed by atoms with Crippen molar-refractivity contribution >= 4 is 6.09 Å². The molecule has 1 amide bonds. The number of ether oxygens (including phenoxy) is 1. The molecular weight excluding hydrogens is 354 g/mol. The zero-order valence-electron chi connectivity index (χ0n) is 16.5. The van der Waals surface area contributed by atoms with E-state index in [2.05, 4.69) is 0 Å². The molecule has 1 aliphatic heterocycles. The summed E-state index contributed by atoms with van der Waals surface area (Å²) in [6.07, 6.45) is 2.49. The van der Waals surface area contributed by atoms with E-state index in [1.54, 1.807) is 4.90 Å². The minimum absolute atomic E-state index is 0.0329. The molecule has 2 N–H and O–H groups in total. The molecule has 2 aromatic carbocycles. The van der Waals surface area contributed by atoms with E-state index in [0.717, 1.165) is 24.0 Å². The Balaban J connectivity index is 0.000000397. The highest BCUT2D eigenvalue weighted by Crippen LogP contribution is 2.26. The molecule has 3 rings (SSSR count). The fourth-order valence-corrected chi connectivity index (χ4v) is 3.17. The molecule has 0 spiro atoms. The largest absolute Gasteiger partial charge is 0.446 e. The lowest BCUT2D eigenvalue weighted by Crippen LogP contribution is -2.43. The molecule has 1 saturated heterocycles. The molecule has 0 radical (unpaired) electrons. The van der Waals surface area contributed by atoms with Crippen LogP contribution >= 0.6 is 0 Å². The van der Waals surface area contributed by atoms with Crippen LogP contribution in [0.4, 0.5) is 4.79 Å². The van der Waals surface area contributed by atoms with E-state index in [1.807, 2.05) is 67.6 Å². The first-order valence-corrected chi connectivity index (χ1v) is 9.93. The smallest absolute Gasteiger partial charge is 0.410 e. The second-order valence-corrected chi connectivity index (χ2v) is 6.90. The van der Waals surface area contributed by atoms with Gasteiger partial charge in [0.1, 0.15) is 6.10 Å². The lowest BCUT2D eigenvalue weighted by molar-refractivity contribution is 0.00760. The lowest BCUT2D eigenvalue weighted by atomic mass is 10.0. The van der Waals surface area contributed by atoms with Crippen molar-refractivity contribution < 1.29 is 19.7 Å². The van der Waals surface area contributed by atoms with Gasteiger partial charge in [-0.05, 0) is 37.3 Å². The van der Waals surface area contributed by atoms with Crippen LogP contribution in [0.25, 0.3) is 0 Å². The number of hydrogen-bond acceptors (Lipinski definition) is 4. The topological polar surface area (TPSA) is 70.0 Å². The zero-order valence-corrected chi connectivity index (χ0v) is 16.5. The Labute approximate surface area is 167 Å². The summed E-state index contributed by atoms with van der Waals surface area (Å²) in [5, 5.41) is 17.8. The molecule has 2 atom stereocenters. The van der Waals surface area contributed by atoms with E-state index in [9.17, 15) is 4.79 Å². The van der Waals surface area contributed by atoms with Crippen molar-refractivity contribution in [3.8, 4) is 0 Å². The second-order valence-electron chi connectivity index (χ2n) is 6.90.